The zero-order valence-corrected chi connectivity index (χ0v) is 23.9. The first-order chi connectivity index (χ1) is 19.6. The molecule has 0 saturated carbocycles. The van der Waals surface area contributed by atoms with Crippen LogP contribution in [0.3, 0.4) is 0 Å². The van der Waals surface area contributed by atoms with Crippen LogP contribution in [-0.4, -0.2) is 55.6 Å². The third-order valence-electron chi connectivity index (χ3n) is 7.12. The van der Waals surface area contributed by atoms with E-state index in [0.29, 0.717) is 12.8 Å². The Hall–Kier alpha value is -3.76. The molecule has 2 N–H and O–H groups in total. The monoisotopic (exact) mass is 582 g/mol. The van der Waals surface area contributed by atoms with E-state index >= 15 is 0 Å². The van der Waals surface area contributed by atoms with E-state index < -0.39 is 33.9 Å². The number of nitrogens with one attached hydrogen (secondary N) is 1. The number of hydrogen-bond donors (Lipinski definition) is 2. The van der Waals surface area contributed by atoms with Crippen LogP contribution in [0.4, 0.5) is 9.18 Å². The van der Waals surface area contributed by atoms with Crippen LogP contribution in [0.2, 0.25) is 0 Å². The molecule has 1 amide bonds. The number of nitrogens with zero attached hydrogens (tertiary/aromatic N) is 1. The van der Waals surface area contributed by atoms with Crippen LogP contribution in [0.25, 0.3) is 11.1 Å². The molecule has 1 atom stereocenters. The number of alkyl carbamates (subject to hydrolysis) is 1. The van der Waals surface area contributed by atoms with Gasteiger partial charge in [-0.15, -0.1) is 0 Å². The summed E-state index contributed by atoms with van der Waals surface area (Å²) in [5.41, 5.74) is 4.50. The number of unbranched alkanes of at least 4 members (excludes halogenated alkanes) is 1. The van der Waals surface area contributed by atoms with Crippen LogP contribution in [0.15, 0.2) is 77.7 Å². The van der Waals surface area contributed by atoms with Crippen LogP contribution in [-0.2, 0) is 19.6 Å². The fourth-order valence-electron chi connectivity index (χ4n) is 5.19. The predicted molar refractivity (Wildman–Crippen MR) is 153 cm³/mol. The van der Waals surface area contributed by atoms with Gasteiger partial charge in [-0.1, -0.05) is 62.4 Å². The van der Waals surface area contributed by atoms with Crippen molar-refractivity contribution in [1.29, 1.82) is 0 Å². The first kappa shape index (κ1) is 30.2. The second-order valence-electron chi connectivity index (χ2n) is 10.5. The number of ether oxygens (including phenoxy) is 1. The van der Waals surface area contributed by atoms with E-state index in [-0.39, 0.29) is 42.8 Å². The lowest BCUT2D eigenvalue weighted by molar-refractivity contribution is -0.141. The Kier molecular flexibility index (Phi) is 9.77. The van der Waals surface area contributed by atoms with Gasteiger partial charge in [-0.05, 0) is 71.7 Å². The van der Waals surface area contributed by atoms with Crippen molar-refractivity contribution in [3.8, 4) is 11.1 Å². The van der Waals surface area contributed by atoms with Crippen molar-refractivity contribution in [2.24, 2.45) is 5.92 Å². The van der Waals surface area contributed by atoms with E-state index in [4.69, 9.17) is 4.74 Å². The van der Waals surface area contributed by atoms with Crippen molar-refractivity contribution in [1.82, 2.24) is 9.62 Å². The molecule has 0 bridgehead atoms. The van der Waals surface area contributed by atoms with Crippen molar-refractivity contribution in [3.63, 3.8) is 0 Å². The van der Waals surface area contributed by atoms with E-state index in [9.17, 15) is 27.5 Å². The molecule has 0 saturated heterocycles. The SMILES string of the molecule is CC(C)CN([C@@H](CCCCNC(=O)OCC1c2ccccc2-c2ccccc21)C(=O)O)S(=O)(=O)c1ccc(F)cc1. The largest absolute Gasteiger partial charge is 0.480 e. The molecule has 218 valence electrons. The van der Waals surface area contributed by atoms with Gasteiger partial charge < -0.3 is 15.2 Å². The minimum absolute atomic E-state index is 0.00528. The van der Waals surface area contributed by atoms with Gasteiger partial charge >= 0.3 is 12.1 Å². The quantitative estimate of drug-likeness (QED) is 0.253. The molecule has 8 nitrogen and oxygen atoms in total. The van der Waals surface area contributed by atoms with Crippen LogP contribution in [0.5, 0.6) is 0 Å². The molecule has 41 heavy (non-hydrogen) atoms. The summed E-state index contributed by atoms with van der Waals surface area (Å²) in [5.74, 6) is -2.04. The van der Waals surface area contributed by atoms with Crippen molar-refractivity contribution < 1.29 is 32.2 Å². The molecule has 0 aromatic heterocycles. The summed E-state index contributed by atoms with van der Waals surface area (Å²) in [5, 5.41) is 12.6. The molecule has 0 unspecified atom stereocenters. The number of aliphatic carboxylic acids is 1. The number of carboxylic acids is 1. The lowest BCUT2D eigenvalue weighted by atomic mass is 9.98. The summed E-state index contributed by atoms with van der Waals surface area (Å²) in [6.45, 7) is 4.02. The molecular formula is C31H35FN2O6S. The second kappa shape index (κ2) is 13.3. The molecule has 0 aliphatic heterocycles. The van der Waals surface area contributed by atoms with Crippen LogP contribution >= 0.6 is 0 Å². The van der Waals surface area contributed by atoms with Gasteiger partial charge in [0, 0.05) is 19.0 Å². The normalized spacial score (nSPS) is 13.6. The Balaban J connectivity index is 1.30. The third kappa shape index (κ3) is 7.12. The Morgan fingerprint density at radius 3 is 2.10 bits per heavy atom. The molecular weight excluding hydrogens is 547 g/mol. The summed E-state index contributed by atoms with van der Waals surface area (Å²) in [6.07, 6.45) is 0.269. The summed E-state index contributed by atoms with van der Waals surface area (Å²) in [7, 11) is -4.18. The van der Waals surface area contributed by atoms with Crippen molar-refractivity contribution in [2.45, 2.75) is 50.0 Å². The molecule has 0 radical (unpaired) electrons. The third-order valence-corrected chi connectivity index (χ3v) is 9.00. The zero-order chi connectivity index (χ0) is 29.6. The minimum atomic E-state index is -4.18. The van der Waals surface area contributed by atoms with Crippen molar-refractivity contribution in [3.05, 3.63) is 89.7 Å². The first-order valence-electron chi connectivity index (χ1n) is 13.7. The Bertz CT molecular complexity index is 1430. The Morgan fingerprint density at radius 2 is 1.54 bits per heavy atom. The number of amides is 1. The van der Waals surface area contributed by atoms with E-state index in [2.05, 4.69) is 17.4 Å². The molecule has 3 aromatic rings. The lowest BCUT2D eigenvalue weighted by Crippen LogP contribution is -2.46. The van der Waals surface area contributed by atoms with Gasteiger partial charge in [0.15, 0.2) is 0 Å². The van der Waals surface area contributed by atoms with Gasteiger partial charge in [0.1, 0.15) is 18.5 Å². The molecule has 1 aliphatic rings. The maximum Gasteiger partial charge on any atom is 0.407 e. The highest BCUT2D eigenvalue weighted by molar-refractivity contribution is 7.89. The van der Waals surface area contributed by atoms with Crippen LogP contribution < -0.4 is 5.32 Å². The highest BCUT2D eigenvalue weighted by Gasteiger charge is 2.36. The Morgan fingerprint density at radius 1 is 0.951 bits per heavy atom. The van der Waals surface area contributed by atoms with Crippen LogP contribution in [0.1, 0.15) is 50.2 Å². The molecule has 0 heterocycles. The van der Waals surface area contributed by atoms with Gasteiger partial charge in [0.25, 0.3) is 0 Å². The van der Waals surface area contributed by atoms with Gasteiger partial charge in [-0.25, -0.2) is 17.6 Å². The first-order valence-corrected chi connectivity index (χ1v) is 15.1. The number of carboxylic acid groups (broad SMARTS) is 1. The fraction of sp³-hybridized carbons (Fsp3) is 0.355. The predicted octanol–water partition coefficient (Wildman–Crippen LogP) is 5.63. The number of benzene rings is 3. The second-order valence-corrected chi connectivity index (χ2v) is 12.4. The standard InChI is InChI=1S/C31H35FN2O6S/c1-21(2)19-34(41(38,39)23-16-14-22(32)15-17-23)29(30(35)36)13-7-8-18-33-31(37)40-20-28-26-11-5-3-9-24(26)25-10-4-6-12-27(25)28/h3-6,9-12,14-17,21,28-29H,7-8,13,18-20H2,1-2H3,(H,33,37)(H,35,36)/t29-/m0/s1. The number of rotatable bonds is 13. The average molecular weight is 583 g/mol. The minimum Gasteiger partial charge on any atom is -0.480 e. The van der Waals surface area contributed by atoms with E-state index in [0.717, 1.165) is 50.8 Å². The van der Waals surface area contributed by atoms with Gasteiger partial charge in [-0.3, -0.25) is 4.79 Å². The van der Waals surface area contributed by atoms with Crippen molar-refractivity contribution in [2.75, 3.05) is 19.7 Å². The maximum absolute atomic E-state index is 13.4. The lowest BCUT2D eigenvalue weighted by Gasteiger charge is -2.29. The smallest absolute Gasteiger partial charge is 0.407 e. The molecule has 0 spiro atoms. The topological polar surface area (TPSA) is 113 Å². The van der Waals surface area contributed by atoms with Gasteiger partial charge in [0.05, 0.1) is 4.90 Å². The summed E-state index contributed by atoms with van der Waals surface area (Å²) < 4.78 is 46.5. The summed E-state index contributed by atoms with van der Waals surface area (Å²) in [6, 6.07) is 19.1. The molecule has 0 fully saturated rings. The highest BCUT2D eigenvalue weighted by Crippen LogP contribution is 2.44. The molecule has 3 aromatic carbocycles. The molecule has 1 aliphatic carbocycles. The van der Waals surface area contributed by atoms with Crippen molar-refractivity contribution >= 4 is 22.1 Å². The number of fused-ring (bicyclic) bond motifs is 3. The number of carbonyl (C=O) groups excluding carboxylic acids is 1. The number of halogens is 1. The van der Waals surface area contributed by atoms with Gasteiger partial charge in [-0.2, -0.15) is 4.31 Å². The summed E-state index contributed by atoms with van der Waals surface area (Å²) in [4.78, 5) is 24.4. The average Bonchev–Trinajstić information content (AvgIpc) is 3.26. The number of hydrogen-bond acceptors (Lipinski definition) is 5. The van der Waals surface area contributed by atoms with E-state index in [1.807, 2.05) is 36.4 Å². The molecule has 10 heteroatoms. The van der Waals surface area contributed by atoms with Crippen LogP contribution in [0, 0.1) is 11.7 Å². The molecule has 4 rings (SSSR count). The number of carbonyl (C=O) groups is 2. The van der Waals surface area contributed by atoms with Gasteiger partial charge in [0.2, 0.25) is 10.0 Å². The number of sulfonamides is 1. The Labute approximate surface area is 240 Å². The van der Waals surface area contributed by atoms with E-state index in [1.165, 1.54) is 0 Å². The summed E-state index contributed by atoms with van der Waals surface area (Å²) >= 11 is 0. The highest BCUT2D eigenvalue weighted by atomic mass is 32.2. The maximum atomic E-state index is 13.4. The fourth-order valence-corrected chi connectivity index (χ4v) is 6.96. The zero-order valence-electron chi connectivity index (χ0n) is 23.1. The van der Waals surface area contributed by atoms with E-state index in [1.54, 1.807) is 13.8 Å².